The smallest absolute Gasteiger partial charge is 0.266 e. The lowest BCUT2D eigenvalue weighted by Crippen LogP contribution is -2.33. The van der Waals surface area contributed by atoms with Gasteiger partial charge in [-0.15, -0.1) is 0 Å². The maximum absolute atomic E-state index is 12.2. The van der Waals surface area contributed by atoms with Crippen LogP contribution in [0.25, 0.3) is 6.08 Å². The largest absolute Gasteiger partial charge is 0.550 e. The van der Waals surface area contributed by atoms with Crippen LogP contribution in [0.1, 0.15) is 37.3 Å². The fourth-order valence-electron chi connectivity index (χ4n) is 2.02. The van der Waals surface area contributed by atoms with Crippen LogP contribution in [-0.4, -0.2) is 27.6 Å². The molecule has 1 aromatic carbocycles. The summed E-state index contributed by atoms with van der Waals surface area (Å²) in [6, 6.07) is 7.99. The monoisotopic (exact) mass is 334 g/mol. The van der Waals surface area contributed by atoms with E-state index in [1.807, 2.05) is 24.3 Å². The molecule has 0 unspecified atom stereocenters. The van der Waals surface area contributed by atoms with E-state index in [0.717, 1.165) is 5.56 Å². The molecule has 1 amide bonds. The normalized spacial score (nSPS) is 16.9. The van der Waals surface area contributed by atoms with Crippen LogP contribution in [0.3, 0.4) is 0 Å². The van der Waals surface area contributed by atoms with Crippen LogP contribution in [0.15, 0.2) is 29.2 Å². The van der Waals surface area contributed by atoms with Crippen LogP contribution in [0, 0.1) is 0 Å². The second-order valence-electron chi connectivity index (χ2n) is 5.28. The van der Waals surface area contributed by atoms with Gasteiger partial charge in [0.1, 0.15) is 4.32 Å². The van der Waals surface area contributed by atoms with E-state index in [0.29, 0.717) is 15.1 Å². The van der Waals surface area contributed by atoms with E-state index in [-0.39, 0.29) is 18.9 Å². The minimum absolute atomic E-state index is 0.0522. The Morgan fingerprint density at radius 1 is 1.36 bits per heavy atom. The SMILES string of the molecule is CC(C)c1ccc(/C=C2/SC(=S)N(CCC(=O)[O-])C2=O)cc1. The Morgan fingerprint density at radius 3 is 2.55 bits per heavy atom. The number of nitrogens with zero attached hydrogens (tertiary/aromatic N) is 1. The van der Waals surface area contributed by atoms with Gasteiger partial charge in [0, 0.05) is 18.9 Å². The van der Waals surface area contributed by atoms with Gasteiger partial charge in [0.05, 0.1) is 4.91 Å². The molecular weight excluding hydrogens is 318 g/mol. The molecule has 0 radical (unpaired) electrons. The molecule has 0 aliphatic carbocycles. The van der Waals surface area contributed by atoms with Crippen molar-refractivity contribution in [1.82, 2.24) is 4.90 Å². The van der Waals surface area contributed by atoms with E-state index >= 15 is 0 Å². The first-order chi connectivity index (χ1) is 10.4. The summed E-state index contributed by atoms with van der Waals surface area (Å²) in [5.74, 6) is -0.983. The van der Waals surface area contributed by atoms with Crippen LogP contribution in [0.2, 0.25) is 0 Å². The van der Waals surface area contributed by atoms with Crippen LogP contribution >= 0.6 is 24.0 Å². The topological polar surface area (TPSA) is 60.4 Å². The highest BCUT2D eigenvalue weighted by molar-refractivity contribution is 8.26. The molecular formula is C16H16NO3S2-. The van der Waals surface area contributed by atoms with Crippen molar-refractivity contribution in [2.24, 2.45) is 0 Å². The van der Waals surface area contributed by atoms with Gasteiger partial charge in [0.15, 0.2) is 0 Å². The van der Waals surface area contributed by atoms with Crippen molar-refractivity contribution in [1.29, 1.82) is 0 Å². The van der Waals surface area contributed by atoms with Crippen molar-refractivity contribution in [2.75, 3.05) is 6.54 Å². The Morgan fingerprint density at radius 2 is 2.00 bits per heavy atom. The molecule has 0 spiro atoms. The number of hydrogen-bond acceptors (Lipinski definition) is 5. The van der Waals surface area contributed by atoms with E-state index in [1.165, 1.54) is 22.2 Å². The van der Waals surface area contributed by atoms with Gasteiger partial charge in [0.25, 0.3) is 5.91 Å². The van der Waals surface area contributed by atoms with Gasteiger partial charge in [-0.05, 0) is 23.1 Å². The molecule has 1 aromatic rings. The molecule has 0 saturated carbocycles. The van der Waals surface area contributed by atoms with Crippen molar-refractivity contribution in [3.05, 3.63) is 40.3 Å². The van der Waals surface area contributed by atoms with Gasteiger partial charge in [-0.1, -0.05) is 62.1 Å². The molecule has 1 saturated heterocycles. The van der Waals surface area contributed by atoms with E-state index in [4.69, 9.17) is 12.2 Å². The summed E-state index contributed by atoms with van der Waals surface area (Å²) in [4.78, 5) is 24.6. The summed E-state index contributed by atoms with van der Waals surface area (Å²) in [5, 5.41) is 10.5. The molecule has 116 valence electrons. The number of carbonyl (C=O) groups is 2. The number of hydrogen-bond donors (Lipinski definition) is 0. The van der Waals surface area contributed by atoms with Crippen molar-refractivity contribution >= 4 is 46.3 Å². The van der Waals surface area contributed by atoms with Gasteiger partial charge in [-0.2, -0.15) is 0 Å². The van der Waals surface area contributed by atoms with E-state index < -0.39 is 5.97 Å². The summed E-state index contributed by atoms with van der Waals surface area (Å²) < 4.78 is 0.385. The Balaban J connectivity index is 2.13. The number of rotatable bonds is 5. The molecule has 1 fully saturated rings. The second kappa shape index (κ2) is 7.07. The van der Waals surface area contributed by atoms with Gasteiger partial charge in [-0.3, -0.25) is 9.69 Å². The molecule has 0 bridgehead atoms. The van der Waals surface area contributed by atoms with E-state index in [9.17, 15) is 14.7 Å². The van der Waals surface area contributed by atoms with Gasteiger partial charge >= 0.3 is 0 Å². The fourth-order valence-corrected chi connectivity index (χ4v) is 3.33. The quantitative estimate of drug-likeness (QED) is 0.610. The molecule has 22 heavy (non-hydrogen) atoms. The molecule has 0 atom stereocenters. The molecule has 4 nitrogen and oxygen atoms in total. The predicted molar refractivity (Wildman–Crippen MR) is 90.0 cm³/mol. The lowest BCUT2D eigenvalue weighted by atomic mass is 10.0. The summed E-state index contributed by atoms with van der Waals surface area (Å²) in [6.07, 6.45) is 1.56. The average Bonchev–Trinajstić information content (AvgIpc) is 2.72. The summed E-state index contributed by atoms with van der Waals surface area (Å²) in [6.45, 7) is 4.30. The lowest BCUT2D eigenvalue weighted by molar-refractivity contribution is -0.305. The summed E-state index contributed by atoms with van der Waals surface area (Å²) >= 11 is 6.33. The number of aliphatic carboxylic acids is 1. The number of carboxylic acids is 1. The Bertz CT molecular complexity index is 635. The first kappa shape index (κ1) is 16.7. The van der Waals surface area contributed by atoms with Gasteiger partial charge < -0.3 is 9.90 Å². The Labute approximate surface area is 139 Å². The number of thioether (sulfide) groups is 1. The Hall–Kier alpha value is -1.66. The number of carbonyl (C=O) groups excluding carboxylic acids is 2. The molecule has 1 heterocycles. The standard InChI is InChI=1S/C16H17NO3S2/c1-10(2)12-5-3-11(4-6-12)9-13-15(20)17(16(21)22-13)8-7-14(18)19/h3-6,9-10H,7-8H2,1-2H3,(H,18,19)/p-1/b13-9+. The van der Waals surface area contributed by atoms with Crippen molar-refractivity contribution in [3.63, 3.8) is 0 Å². The van der Waals surface area contributed by atoms with Crippen LogP contribution in [0.5, 0.6) is 0 Å². The van der Waals surface area contributed by atoms with Gasteiger partial charge in [0.2, 0.25) is 0 Å². The predicted octanol–water partition coefficient (Wildman–Crippen LogP) is 2.15. The highest BCUT2D eigenvalue weighted by Gasteiger charge is 2.31. The van der Waals surface area contributed by atoms with Crippen LogP contribution < -0.4 is 5.11 Å². The summed E-state index contributed by atoms with van der Waals surface area (Å²) in [7, 11) is 0. The van der Waals surface area contributed by atoms with Gasteiger partial charge in [-0.25, -0.2) is 0 Å². The summed E-state index contributed by atoms with van der Waals surface area (Å²) in [5.41, 5.74) is 2.16. The molecule has 1 aliphatic rings. The molecule has 6 heteroatoms. The zero-order chi connectivity index (χ0) is 16.3. The lowest BCUT2D eigenvalue weighted by Gasteiger charge is -2.14. The fraction of sp³-hybridized carbons (Fsp3) is 0.312. The molecule has 2 rings (SSSR count). The average molecular weight is 334 g/mol. The zero-order valence-corrected chi connectivity index (χ0v) is 14.0. The maximum Gasteiger partial charge on any atom is 0.266 e. The minimum atomic E-state index is -1.19. The third-order valence-electron chi connectivity index (χ3n) is 3.31. The third-order valence-corrected chi connectivity index (χ3v) is 4.69. The molecule has 0 N–H and O–H groups in total. The molecule has 1 aliphatic heterocycles. The minimum Gasteiger partial charge on any atom is -0.550 e. The zero-order valence-electron chi connectivity index (χ0n) is 12.4. The molecule has 0 aromatic heterocycles. The Kier molecular flexibility index (Phi) is 5.37. The van der Waals surface area contributed by atoms with Crippen molar-refractivity contribution in [2.45, 2.75) is 26.2 Å². The second-order valence-corrected chi connectivity index (χ2v) is 6.95. The highest BCUT2D eigenvalue weighted by atomic mass is 32.2. The first-order valence-corrected chi connectivity index (χ1v) is 8.16. The number of carboxylic acid groups (broad SMARTS) is 1. The first-order valence-electron chi connectivity index (χ1n) is 6.93. The van der Waals surface area contributed by atoms with Crippen molar-refractivity contribution in [3.8, 4) is 0 Å². The van der Waals surface area contributed by atoms with Crippen LogP contribution in [-0.2, 0) is 9.59 Å². The van der Waals surface area contributed by atoms with Crippen LogP contribution in [0.4, 0.5) is 0 Å². The van der Waals surface area contributed by atoms with E-state index in [2.05, 4.69) is 13.8 Å². The number of benzene rings is 1. The number of amides is 1. The van der Waals surface area contributed by atoms with Crippen molar-refractivity contribution < 1.29 is 14.7 Å². The number of thiocarbonyl (C=S) groups is 1. The highest BCUT2D eigenvalue weighted by Crippen LogP contribution is 2.32. The third kappa shape index (κ3) is 3.96. The van der Waals surface area contributed by atoms with E-state index in [1.54, 1.807) is 6.08 Å². The maximum atomic E-state index is 12.2.